The summed E-state index contributed by atoms with van der Waals surface area (Å²) in [6.45, 7) is 1.69. The predicted molar refractivity (Wildman–Crippen MR) is 346 cm³/mol. The molecule has 0 aromatic rings. The number of hydrogen-bond donors (Lipinski definition) is 12. The molecular weight excluding hydrogens is 1140 g/mol. The number of hydrogen-bond acceptors (Lipinski definition) is 18. The molecule has 3 aliphatic rings. The molecule has 89 heavy (non-hydrogen) atoms. The van der Waals surface area contributed by atoms with Crippen molar-refractivity contribution >= 4 is 5.91 Å². The molecule has 0 aromatic carbocycles. The number of carbonyl (C=O) groups excluding carboxylic acids is 1. The molecule has 19 heteroatoms. The third kappa shape index (κ3) is 34.1. The van der Waals surface area contributed by atoms with E-state index in [0.717, 1.165) is 89.9 Å². The van der Waals surface area contributed by atoms with Crippen LogP contribution in [0, 0.1) is 0 Å². The summed E-state index contributed by atoms with van der Waals surface area (Å²) in [7, 11) is 0. The van der Waals surface area contributed by atoms with Crippen LogP contribution in [0.4, 0.5) is 0 Å². The number of aliphatic hydroxyl groups excluding tert-OH is 11. The summed E-state index contributed by atoms with van der Waals surface area (Å²) in [4.78, 5) is 13.4. The van der Waals surface area contributed by atoms with Gasteiger partial charge in [-0.25, -0.2) is 0 Å². The summed E-state index contributed by atoms with van der Waals surface area (Å²) in [5.41, 5.74) is 0. The van der Waals surface area contributed by atoms with E-state index in [9.17, 15) is 61.0 Å². The van der Waals surface area contributed by atoms with Crippen molar-refractivity contribution in [2.75, 3.05) is 26.4 Å². The van der Waals surface area contributed by atoms with E-state index in [2.05, 4.69) is 67.8 Å². The molecule has 1 amide bonds. The number of unbranched alkanes of at least 4 members (excludes halogenated alkanes) is 30. The van der Waals surface area contributed by atoms with E-state index in [-0.39, 0.29) is 18.9 Å². The fourth-order valence-corrected chi connectivity index (χ4v) is 12.0. The maximum Gasteiger partial charge on any atom is 0.220 e. The van der Waals surface area contributed by atoms with Gasteiger partial charge < -0.3 is 89.9 Å². The van der Waals surface area contributed by atoms with Gasteiger partial charge in [0.25, 0.3) is 0 Å². The molecule has 17 unspecified atom stereocenters. The molecule has 3 fully saturated rings. The van der Waals surface area contributed by atoms with Crippen molar-refractivity contribution in [2.24, 2.45) is 0 Å². The van der Waals surface area contributed by atoms with E-state index in [1.807, 2.05) is 0 Å². The van der Waals surface area contributed by atoms with Gasteiger partial charge in [-0.15, -0.1) is 0 Å². The van der Waals surface area contributed by atoms with Crippen LogP contribution in [0.15, 0.2) is 48.6 Å². The number of carbonyl (C=O) groups is 1. The van der Waals surface area contributed by atoms with E-state index in [1.165, 1.54) is 135 Å². The summed E-state index contributed by atoms with van der Waals surface area (Å²) in [6, 6.07) is -0.898. The second-order valence-corrected chi connectivity index (χ2v) is 25.3. The molecule has 17 atom stereocenters. The molecule has 0 saturated carbocycles. The van der Waals surface area contributed by atoms with Crippen LogP contribution in [-0.4, -0.2) is 193 Å². The summed E-state index contributed by atoms with van der Waals surface area (Å²) < 4.78 is 34.4. The average molecular weight is 1270 g/mol. The highest BCUT2D eigenvalue weighted by atomic mass is 16.8. The molecule has 3 saturated heterocycles. The Labute approximate surface area is 535 Å². The lowest BCUT2D eigenvalue weighted by molar-refractivity contribution is -0.379. The van der Waals surface area contributed by atoms with Gasteiger partial charge in [0.05, 0.1) is 38.6 Å². The highest BCUT2D eigenvalue weighted by Gasteiger charge is 2.53. The molecule has 0 spiro atoms. The van der Waals surface area contributed by atoms with Crippen molar-refractivity contribution in [1.82, 2.24) is 5.32 Å². The average Bonchev–Trinajstić information content (AvgIpc) is 2.46. The Morgan fingerprint density at radius 2 is 0.775 bits per heavy atom. The lowest BCUT2D eigenvalue weighted by Gasteiger charge is -2.48. The first-order valence-corrected chi connectivity index (χ1v) is 35.4. The summed E-state index contributed by atoms with van der Waals surface area (Å²) in [6.07, 6.45) is 34.7. The van der Waals surface area contributed by atoms with Gasteiger partial charge >= 0.3 is 0 Å². The SMILES string of the molecule is CC/C=C\C/C=C\C/C=C\C/C=C\CCCCCCCCC(=O)NC(COC1OC(CO)C(OC2OC(CO)C(OC3OC(CO)C(O)C(O)C3O)C(O)C2O)C(O)C1O)C(O)CCCCCCCCCCCCCCCCCCCCCCCCCCC. The Morgan fingerprint density at radius 1 is 0.416 bits per heavy atom. The van der Waals surface area contributed by atoms with Gasteiger partial charge in [-0.2, -0.15) is 0 Å². The quantitative estimate of drug-likeness (QED) is 0.0199. The van der Waals surface area contributed by atoms with Gasteiger partial charge in [0.15, 0.2) is 18.9 Å². The summed E-state index contributed by atoms with van der Waals surface area (Å²) >= 11 is 0. The minimum atomic E-state index is -1.98. The van der Waals surface area contributed by atoms with Crippen LogP contribution in [0.25, 0.3) is 0 Å². The second kappa shape index (κ2) is 52.1. The van der Waals surface area contributed by atoms with Gasteiger partial charge in [-0.05, 0) is 51.4 Å². The number of ether oxygens (including phenoxy) is 6. The standard InChI is InChI=1S/C70H127NO18/c1-3-5-7-9-11-13-15-17-19-21-23-24-25-26-27-28-30-31-33-35-37-39-41-43-45-47-54(75)53(71-58(76)48-46-44-42-40-38-36-34-32-29-22-20-18-16-14-12-10-8-6-4-2)52-84-68-64(82)61(79)66(56(50-73)86-68)89-70-65(83)62(80)67(57(51-74)87-70)88-69-63(81)60(78)59(77)55(49-72)85-69/h6,8,12,14,18,20,29,32,53-57,59-70,72-75,77-83H,3-5,7,9-11,13,15-17,19,21-28,30-31,33-52H2,1-2H3,(H,71,76)/b8-6-,14-12-,20-18-,32-29-. The Hall–Kier alpha value is -2.25. The number of allylic oxidation sites excluding steroid dienone is 8. The van der Waals surface area contributed by atoms with Crippen molar-refractivity contribution in [1.29, 1.82) is 0 Å². The third-order valence-electron chi connectivity index (χ3n) is 17.7. The van der Waals surface area contributed by atoms with Gasteiger partial charge in [-0.1, -0.05) is 249 Å². The van der Waals surface area contributed by atoms with Crippen molar-refractivity contribution in [3.63, 3.8) is 0 Å². The van der Waals surface area contributed by atoms with Crippen LogP contribution in [0.1, 0.15) is 258 Å². The first kappa shape index (κ1) is 81.0. The van der Waals surface area contributed by atoms with Gasteiger partial charge in [0.1, 0.15) is 73.2 Å². The Kier molecular flexibility index (Phi) is 47.4. The maximum atomic E-state index is 13.4. The first-order valence-electron chi connectivity index (χ1n) is 35.4. The van der Waals surface area contributed by atoms with Crippen molar-refractivity contribution in [3.8, 4) is 0 Å². The molecule has 0 radical (unpaired) electrons. The van der Waals surface area contributed by atoms with Gasteiger partial charge in [0.2, 0.25) is 5.91 Å². The van der Waals surface area contributed by atoms with Crippen LogP contribution in [0.5, 0.6) is 0 Å². The molecule has 12 N–H and O–H groups in total. The van der Waals surface area contributed by atoms with Crippen molar-refractivity contribution < 1.29 is 89.4 Å². The molecule has 3 aliphatic heterocycles. The van der Waals surface area contributed by atoms with Crippen LogP contribution in [0.2, 0.25) is 0 Å². The number of rotatable bonds is 54. The first-order chi connectivity index (χ1) is 43.3. The molecular formula is C70H127NO18. The lowest BCUT2D eigenvalue weighted by atomic mass is 9.96. The van der Waals surface area contributed by atoms with Crippen molar-refractivity contribution in [3.05, 3.63) is 48.6 Å². The number of amides is 1. The number of nitrogens with one attached hydrogen (secondary N) is 1. The topological polar surface area (TPSA) is 307 Å². The van der Waals surface area contributed by atoms with Crippen molar-refractivity contribution in [2.45, 2.75) is 362 Å². The lowest BCUT2D eigenvalue weighted by Crippen LogP contribution is -2.66. The molecule has 520 valence electrons. The minimum Gasteiger partial charge on any atom is -0.394 e. The smallest absolute Gasteiger partial charge is 0.220 e. The van der Waals surface area contributed by atoms with E-state index in [1.54, 1.807) is 0 Å². The molecule has 3 rings (SSSR count). The van der Waals surface area contributed by atoms with E-state index < -0.39 is 124 Å². The van der Waals surface area contributed by atoms with Crippen LogP contribution in [0.3, 0.4) is 0 Å². The van der Waals surface area contributed by atoms with Crippen LogP contribution < -0.4 is 5.32 Å². The van der Waals surface area contributed by atoms with Gasteiger partial charge in [-0.3, -0.25) is 4.79 Å². The summed E-state index contributed by atoms with van der Waals surface area (Å²) in [5.74, 6) is -0.256. The fraction of sp³-hybridized carbons (Fsp3) is 0.871. The zero-order valence-corrected chi connectivity index (χ0v) is 54.9. The second-order valence-electron chi connectivity index (χ2n) is 25.3. The molecule has 0 aliphatic carbocycles. The summed E-state index contributed by atoms with van der Waals surface area (Å²) in [5, 5.41) is 121. The van der Waals surface area contributed by atoms with Crippen LogP contribution in [-0.2, 0) is 33.2 Å². The molecule has 0 aromatic heterocycles. The zero-order chi connectivity index (χ0) is 64.7. The Bertz CT molecular complexity index is 1800. The minimum absolute atomic E-state index is 0.249. The monoisotopic (exact) mass is 1270 g/mol. The zero-order valence-electron chi connectivity index (χ0n) is 54.9. The van der Waals surface area contributed by atoms with Gasteiger partial charge in [0, 0.05) is 6.42 Å². The van der Waals surface area contributed by atoms with E-state index >= 15 is 0 Å². The molecule has 0 bridgehead atoms. The van der Waals surface area contributed by atoms with E-state index in [0.29, 0.717) is 12.8 Å². The number of aliphatic hydroxyl groups is 11. The molecule has 3 heterocycles. The van der Waals surface area contributed by atoms with E-state index in [4.69, 9.17) is 28.4 Å². The normalized spacial score (nSPS) is 28.5. The fourth-order valence-electron chi connectivity index (χ4n) is 12.0. The largest absolute Gasteiger partial charge is 0.394 e. The maximum absolute atomic E-state index is 13.4. The Morgan fingerprint density at radius 3 is 1.21 bits per heavy atom. The third-order valence-corrected chi connectivity index (χ3v) is 17.7. The van der Waals surface area contributed by atoms with Crippen LogP contribution >= 0.6 is 0 Å². The highest BCUT2D eigenvalue weighted by Crippen LogP contribution is 2.33. The Balaban J connectivity index is 1.43. The highest BCUT2D eigenvalue weighted by molar-refractivity contribution is 5.76. The molecule has 19 nitrogen and oxygen atoms in total. The predicted octanol–water partition coefficient (Wildman–Crippen LogP) is 9.39.